The van der Waals surface area contributed by atoms with E-state index < -0.39 is 24.4 Å². The van der Waals surface area contributed by atoms with Crippen molar-refractivity contribution >= 4 is 52.4 Å². The molecule has 0 unspecified atom stereocenters. The van der Waals surface area contributed by atoms with Gasteiger partial charge < -0.3 is 19.7 Å². The summed E-state index contributed by atoms with van der Waals surface area (Å²) in [5.41, 5.74) is 2.22. The van der Waals surface area contributed by atoms with E-state index in [1.165, 1.54) is 11.0 Å². The van der Waals surface area contributed by atoms with Gasteiger partial charge in [-0.05, 0) is 61.5 Å². The molecule has 1 saturated heterocycles. The molecule has 0 aromatic heterocycles. The Morgan fingerprint density at radius 2 is 1.63 bits per heavy atom. The summed E-state index contributed by atoms with van der Waals surface area (Å²) in [4.78, 5) is 38.6. The molecule has 4 rings (SSSR count). The lowest BCUT2D eigenvalue weighted by atomic mass is 10.1. The summed E-state index contributed by atoms with van der Waals surface area (Å²) in [6.07, 6.45) is 0.00879. The summed E-state index contributed by atoms with van der Waals surface area (Å²) >= 11 is 11.8. The molecule has 9 heteroatoms. The lowest BCUT2D eigenvalue weighted by Crippen LogP contribution is -2.28. The van der Waals surface area contributed by atoms with E-state index in [1.54, 1.807) is 36.4 Å². The van der Waals surface area contributed by atoms with Gasteiger partial charge in [0.05, 0.1) is 16.0 Å². The van der Waals surface area contributed by atoms with Crippen molar-refractivity contribution < 1.29 is 23.9 Å². The van der Waals surface area contributed by atoms with Crippen LogP contribution in [-0.2, 0) is 19.1 Å². The first-order valence-electron chi connectivity index (χ1n) is 10.8. The second-order valence-corrected chi connectivity index (χ2v) is 8.91. The molecule has 0 aliphatic carbocycles. The van der Waals surface area contributed by atoms with Crippen LogP contribution in [0.25, 0.3) is 0 Å². The van der Waals surface area contributed by atoms with E-state index in [0.717, 1.165) is 5.56 Å². The van der Waals surface area contributed by atoms with Gasteiger partial charge in [0.15, 0.2) is 6.61 Å². The molecule has 1 N–H and O–H groups in total. The number of halogens is 2. The van der Waals surface area contributed by atoms with Crippen LogP contribution < -0.4 is 15.0 Å². The maximum Gasteiger partial charge on any atom is 0.311 e. The molecule has 1 atom stereocenters. The lowest BCUT2D eigenvalue weighted by molar-refractivity contribution is -0.151. The number of nitrogens with one attached hydrogen (secondary N) is 1. The van der Waals surface area contributed by atoms with Crippen molar-refractivity contribution in [3.63, 3.8) is 0 Å². The fourth-order valence-electron chi connectivity index (χ4n) is 3.58. The molecule has 2 amide bonds. The minimum atomic E-state index is -0.663. The minimum Gasteiger partial charge on any atom is -0.457 e. The molecule has 0 saturated carbocycles. The van der Waals surface area contributed by atoms with Crippen LogP contribution in [0.4, 0.5) is 11.4 Å². The van der Waals surface area contributed by atoms with Gasteiger partial charge in [-0.2, -0.15) is 0 Å². The molecule has 7 nitrogen and oxygen atoms in total. The van der Waals surface area contributed by atoms with Crippen molar-refractivity contribution in [3.8, 4) is 11.5 Å². The van der Waals surface area contributed by atoms with Gasteiger partial charge in [-0.25, -0.2) is 0 Å². The summed E-state index contributed by atoms with van der Waals surface area (Å²) < 4.78 is 10.9. The summed E-state index contributed by atoms with van der Waals surface area (Å²) in [6.45, 7) is 1.69. The van der Waals surface area contributed by atoms with Crippen LogP contribution in [0.3, 0.4) is 0 Å². The number of amides is 2. The number of benzene rings is 3. The SMILES string of the molecule is Cc1ccc(Oc2ccc(N3C[C@H](C(=O)OCC(=O)Nc4ccc(Cl)c(Cl)c4)CC3=O)cc2)cc1. The molecular weight excluding hydrogens is 491 g/mol. The third-order valence-electron chi connectivity index (χ3n) is 5.41. The quantitative estimate of drug-likeness (QED) is 0.414. The van der Waals surface area contributed by atoms with Crippen LogP contribution >= 0.6 is 23.2 Å². The van der Waals surface area contributed by atoms with E-state index in [4.69, 9.17) is 32.7 Å². The number of carbonyl (C=O) groups is 3. The summed E-state index contributed by atoms with van der Waals surface area (Å²) in [5, 5.41) is 3.23. The Bertz CT molecular complexity index is 1250. The number of hydrogen-bond donors (Lipinski definition) is 1. The molecule has 0 bridgehead atoms. The molecule has 1 aliphatic rings. The number of anilines is 2. The van der Waals surface area contributed by atoms with Crippen LogP contribution in [0, 0.1) is 12.8 Å². The van der Waals surface area contributed by atoms with Gasteiger partial charge >= 0.3 is 5.97 Å². The number of aryl methyl sites for hydroxylation is 1. The van der Waals surface area contributed by atoms with Gasteiger partial charge in [0.25, 0.3) is 5.91 Å². The Morgan fingerprint density at radius 1 is 0.971 bits per heavy atom. The Balaban J connectivity index is 1.29. The van der Waals surface area contributed by atoms with Gasteiger partial charge in [-0.15, -0.1) is 0 Å². The highest BCUT2D eigenvalue weighted by Crippen LogP contribution is 2.29. The average Bonchev–Trinajstić information content (AvgIpc) is 3.23. The van der Waals surface area contributed by atoms with E-state index in [1.807, 2.05) is 31.2 Å². The highest BCUT2D eigenvalue weighted by atomic mass is 35.5. The summed E-state index contributed by atoms with van der Waals surface area (Å²) in [5.74, 6) is -0.644. The fourth-order valence-corrected chi connectivity index (χ4v) is 3.88. The standard InChI is InChI=1S/C26H22Cl2N2O5/c1-16-2-7-20(8-3-16)35-21-9-5-19(6-10-21)30-14-17(12-25(30)32)26(33)34-15-24(31)29-18-4-11-22(27)23(28)13-18/h2-11,13,17H,12,14-15H2,1H3,(H,29,31)/t17-/m1/s1. The average molecular weight is 513 g/mol. The van der Waals surface area contributed by atoms with Crippen molar-refractivity contribution in [3.05, 3.63) is 82.3 Å². The number of ether oxygens (including phenoxy) is 2. The maximum absolute atomic E-state index is 12.5. The van der Waals surface area contributed by atoms with E-state index in [0.29, 0.717) is 32.9 Å². The lowest BCUT2D eigenvalue weighted by Gasteiger charge is -2.17. The van der Waals surface area contributed by atoms with Crippen LogP contribution in [0.2, 0.25) is 10.0 Å². The zero-order valence-electron chi connectivity index (χ0n) is 18.8. The first-order valence-corrected chi connectivity index (χ1v) is 11.6. The first kappa shape index (κ1) is 24.6. The van der Waals surface area contributed by atoms with Gasteiger partial charge in [-0.3, -0.25) is 14.4 Å². The molecule has 3 aromatic rings. The summed E-state index contributed by atoms with van der Waals surface area (Å²) in [7, 11) is 0. The monoisotopic (exact) mass is 512 g/mol. The van der Waals surface area contributed by atoms with Gasteiger partial charge in [0, 0.05) is 24.3 Å². The first-order chi connectivity index (χ1) is 16.8. The van der Waals surface area contributed by atoms with Crippen LogP contribution in [0.15, 0.2) is 66.7 Å². The normalized spacial score (nSPS) is 15.1. The van der Waals surface area contributed by atoms with Gasteiger partial charge in [0.2, 0.25) is 5.91 Å². The van der Waals surface area contributed by atoms with E-state index >= 15 is 0 Å². The van der Waals surface area contributed by atoms with Crippen molar-refractivity contribution in [1.29, 1.82) is 0 Å². The molecule has 1 aliphatic heterocycles. The fraction of sp³-hybridized carbons (Fsp3) is 0.192. The molecule has 0 spiro atoms. The largest absolute Gasteiger partial charge is 0.457 e. The number of esters is 1. The molecule has 1 heterocycles. The predicted molar refractivity (Wildman–Crippen MR) is 134 cm³/mol. The third kappa shape index (κ3) is 6.32. The Labute approximate surface area is 212 Å². The second-order valence-electron chi connectivity index (χ2n) is 8.10. The smallest absolute Gasteiger partial charge is 0.311 e. The zero-order chi connectivity index (χ0) is 24.9. The highest BCUT2D eigenvalue weighted by Gasteiger charge is 2.36. The maximum atomic E-state index is 12.5. The molecule has 1 fully saturated rings. The van der Waals surface area contributed by atoms with Crippen molar-refractivity contribution in [2.24, 2.45) is 5.92 Å². The van der Waals surface area contributed by atoms with Crippen molar-refractivity contribution in [2.75, 3.05) is 23.4 Å². The Morgan fingerprint density at radius 3 is 2.29 bits per heavy atom. The second kappa shape index (κ2) is 10.8. The molecule has 35 heavy (non-hydrogen) atoms. The molecule has 0 radical (unpaired) electrons. The Kier molecular flexibility index (Phi) is 7.58. The zero-order valence-corrected chi connectivity index (χ0v) is 20.3. The minimum absolute atomic E-state index is 0.00879. The third-order valence-corrected chi connectivity index (χ3v) is 6.15. The number of hydrogen-bond acceptors (Lipinski definition) is 5. The van der Waals surface area contributed by atoms with Gasteiger partial charge in [0.1, 0.15) is 11.5 Å². The Hall–Kier alpha value is -3.55. The van der Waals surface area contributed by atoms with Crippen LogP contribution in [0.5, 0.6) is 11.5 Å². The topological polar surface area (TPSA) is 84.9 Å². The number of nitrogens with zero attached hydrogens (tertiary/aromatic N) is 1. The van der Waals surface area contributed by atoms with E-state index in [2.05, 4.69) is 5.32 Å². The van der Waals surface area contributed by atoms with Gasteiger partial charge in [-0.1, -0.05) is 40.9 Å². The van der Waals surface area contributed by atoms with E-state index in [9.17, 15) is 14.4 Å². The highest BCUT2D eigenvalue weighted by molar-refractivity contribution is 6.42. The van der Waals surface area contributed by atoms with E-state index in [-0.39, 0.29) is 18.9 Å². The molecule has 3 aromatic carbocycles. The number of rotatable bonds is 7. The molecular formula is C26H22Cl2N2O5. The molecule has 180 valence electrons. The summed E-state index contributed by atoms with van der Waals surface area (Å²) in [6, 6.07) is 19.4. The van der Waals surface area contributed by atoms with Crippen LogP contribution in [0.1, 0.15) is 12.0 Å². The number of carbonyl (C=O) groups excluding carboxylic acids is 3. The van der Waals surface area contributed by atoms with Crippen molar-refractivity contribution in [2.45, 2.75) is 13.3 Å². The van der Waals surface area contributed by atoms with Crippen molar-refractivity contribution in [1.82, 2.24) is 0 Å². The van der Waals surface area contributed by atoms with Crippen LogP contribution in [-0.4, -0.2) is 30.9 Å². The predicted octanol–water partition coefficient (Wildman–Crippen LogP) is 5.63.